The van der Waals surface area contributed by atoms with Crippen molar-refractivity contribution in [3.63, 3.8) is 0 Å². The van der Waals surface area contributed by atoms with E-state index in [1.807, 2.05) is 36.4 Å². The molecule has 8 aromatic carbocycles. The molecule has 6 heteroatoms. The van der Waals surface area contributed by atoms with Gasteiger partial charge in [0.05, 0.1) is 16.6 Å². The van der Waals surface area contributed by atoms with Gasteiger partial charge in [-0.1, -0.05) is 146 Å². The molecule has 1 aliphatic heterocycles. The van der Waals surface area contributed by atoms with Gasteiger partial charge < -0.3 is 0 Å². The highest BCUT2D eigenvalue weighted by molar-refractivity contribution is 6.30. The summed E-state index contributed by atoms with van der Waals surface area (Å²) in [6, 6.07) is 71.1. The molecule has 266 valence electrons. The highest BCUT2D eigenvalue weighted by Crippen LogP contribution is 2.61. The molecule has 6 nitrogen and oxygen atoms in total. The van der Waals surface area contributed by atoms with Crippen molar-refractivity contribution in [3.05, 3.63) is 200 Å². The lowest BCUT2D eigenvalue weighted by molar-refractivity contribution is 0.693. The van der Waals surface area contributed by atoms with Crippen LogP contribution in [-0.2, 0) is 0 Å². The molecule has 0 saturated heterocycles. The van der Waals surface area contributed by atoms with Crippen molar-refractivity contribution in [3.8, 4) is 34.4 Å². The van der Waals surface area contributed by atoms with Crippen molar-refractivity contribution >= 4 is 66.4 Å². The summed E-state index contributed by atoms with van der Waals surface area (Å²) in [4.78, 5) is 15.7. The fourth-order valence-electron chi connectivity index (χ4n) is 9.27. The van der Waals surface area contributed by atoms with Gasteiger partial charge in [-0.25, -0.2) is 4.98 Å². The molecule has 0 unspecified atom stereocenters. The average Bonchev–Trinajstić information content (AvgIpc) is 3.82. The maximum Gasteiger partial charge on any atom is 0.238 e. The van der Waals surface area contributed by atoms with Crippen molar-refractivity contribution in [1.29, 1.82) is 0 Å². The first-order chi connectivity index (χ1) is 28.3. The van der Waals surface area contributed by atoms with Crippen LogP contribution in [0.25, 0.3) is 78.0 Å². The molecule has 0 aliphatic carbocycles. The lowest BCUT2D eigenvalue weighted by Crippen LogP contribution is -2.36. The normalized spacial score (nSPS) is 13.1. The smallest absolute Gasteiger partial charge is 0.238 e. The van der Waals surface area contributed by atoms with E-state index in [0.29, 0.717) is 22.1 Å². The van der Waals surface area contributed by atoms with Gasteiger partial charge in [0.2, 0.25) is 5.95 Å². The first-order valence-electron chi connectivity index (χ1n) is 19.3. The summed E-state index contributed by atoms with van der Waals surface area (Å²) in [5.74, 6) is 1.82. The molecule has 0 saturated carbocycles. The summed E-state index contributed by atoms with van der Waals surface area (Å²) in [6.07, 6.45) is 0. The van der Waals surface area contributed by atoms with Gasteiger partial charge in [0.1, 0.15) is 22.6 Å². The Kier molecular flexibility index (Phi) is 6.76. The number of fused-ring (bicyclic) bond motifs is 9. The summed E-state index contributed by atoms with van der Waals surface area (Å²) in [5.41, 5.74) is 12.1. The Morgan fingerprint density at radius 2 is 0.860 bits per heavy atom. The minimum absolute atomic E-state index is 0.419. The van der Waals surface area contributed by atoms with E-state index in [9.17, 15) is 0 Å². The SMILES string of the molecule is c1ccc(-c2nc(-c3ccccc3)nc(-n3c4ccccc4c4cc5c6c(c7ccccc7n6-c6ccccc6[N+]5(c5ccccc5)c5ccccc5)c43)n2)cc1. The van der Waals surface area contributed by atoms with Gasteiger partial charge in [-0.05, 0) is 18.2 Å². The van der Waals surface area contributed by atoms with Crippen LogP contribution in [0, 0.1) is 0 Å². The maximum absolute atomic E-state index is 5.31. The number of hydrogen-bond donors (Lipinski definition) is 0. The van der Waals surface area contributed by atoms with Crippen LogP contribution in [0.2, 0.25) is 0 Å². The second kappa shape index (κ2) is 12.2. The van der Waals surface area contributed by atoms with Crippen LogP contribution >= 0.6 is 0 Å². The van der Waals surface area contributed by atoms with Crippen LogP contribution in [0.3, 0.4) is 0 Å². The van der Waals surface area contributed by atoms with Crippen LogP contribution < -0.4 is 4.48 Å². The summed E-state index contributed by atoms with van der Waals surface area (Å²) in [6.45, 7) is 0. The Labute approximate surface area is 328 Å². The van der Waals surface area contributed by atoms with Crippen LogP contribution in [0.5, 0.6) is 0 Å². The Morgan fingerprint density at radius 1 is 0.368 bits per heavy atom. The van der Waals surface area contributed by atoms with E-state index in [1.54, 1.807) is 0 Å². The summed E-state index contributed by atoms with van der Waals surface area (Å²) in [5, 5.41) is 4.58. The fourth-order valence-corrected chi connectivity index (χ4v) is 9.27. The molecular weight excluding hydrogens is 697 g/mol. The first kappa shape index (κ1) is 31.7. The number of rotatable bonds is 5. The molecular formula is C51H33N6+. The van der Waals surface area contributed by atoms with Crippen LogP contribution in [0.1, 0.15) is 0 Å². The van der Waals surface area contributed by atoms with E-state index < -0.39 is 0 Å². The Morgan fingerprint density at radius 3 is 1.47 bits per heavy atom. The van der Waals surface area contributed by atoms with Gasteiger partial charge in [0.15, 0.2) is 23.0 Å². The van der Waals surface area contributed by atoms with Crippen LogP contribution in [-0.4, -0.2) is 24.1 Å². The molecule has 0 radical (unpaired) electrons. The monoisotopic (exact) mass is 729 g/mol. The first-order valence-corrected chi connectivity index (χ1v) is 19.3. The second-order valence-corrected chi connectivity index (χ2v) is 14.6. The largest absolute Gasteiger partial charge is 0.299 e. The van der Waals surface area contributed by atoms with Gasteiger partial charge in [-0.15, -0.1) is 0 Å². The van der Waals surface area contributed by atoms with E-state index >= 15 is 0 Å². The molecule has 0 fully saturated rings. The molecule has 1 aliphatic rings. The van der Waals surface area contributed by atoms with Gasteiger partial charge >= 0.3 is 0 Å². The number of benzene rings is 8. The highest BCUT2D eigenvalue weighted by atomic mass is 15.4. The van der Waals surface area contributed by atoms with E-state index in [2.05, 4.69) is 173 Å². The number of nitrogens with zero attached hydrogens (tertiary/aromatic N) is 6. The lowest BCUT2D eigenvalue weighted by Gasteiger charge is -2.41. The van der Waals surface area contributed by atoms with Gasteiger partial charge in [0, 0.05) is 69.1 Å². The number of hydrogen-bond acceptors (Lipinski definition) is 3. The third-order valence-corrected chi connectivity index (χ3v) is 11.6. The van der Waals surface area contributed by atoms with Crippen LogP contribution in [0.15, 0.2) is 200 Å². The van der Waals surface area contributed by atoms with E-state index in [-0.39, 0.29) is 0 Å². The minimum Gasteiger partial charge on any atom is -0.299 e. The molecule has 0 bridgehead atoms. The Bertz CT molecular complexity index is 3240. The topological polar surface area (TPSA) is 48.5 Å². The van der Waals surface area contributed by atoms with Crippen molar-refractivity contribution in [2.45, 2.75) is 0 Å². The number of para-hydroxylation sites is 6. The molecule has 0 N–H and O–H groups in total. The molecule has 0 amide bonds. The fraction of sp³-hybridized carbons (Fsp3) is 0. The van der Waals surface area contributed by atoms with Crippen molar-refractivity contribution in [1.82, 2.24) is 28.6 Å². The molecule has 11 aromatic rings. The van der Waals surface area contributed by atoms with Gasteiger partial charge in [-0.2, -0.15) is 14.5 Å². The van der Waals surface area contributed by atoms with E-state index in [1.165, 1.54) is 16.8 Å². The van der Waals surface area contributed by atoms with Crippen molar-refractivity contribution in [2.24, 2.45) is 0 Å². The Balaban J connectivity index is 1.31. The zero-order chi connectivity index (χ0) is 37.5. The summed E-state index contributed by atoms with van der Waals surface area (Å²) >= 11 is 0. The zero-order valence-electron chi connectivity index (χ0n) is 30.7. The molecule has 12 rings (SSSR count). The predicted molar refractivity (Wildman–Crippen MR) is 233 cm³/mol. The number of quaternary nitrogens is 1. The zero-order valence-corrected chi connectivity index (χ0v) is 30.7. The molecule has 57 heavy (non-hydrogen) atoms. The average molecular weight is 730 g/mol. The molecule has 0 atom stereocenters. The molecule has 0 spiro atoms. The standard InChI is InChI=1S/C51H33N6/c1-5-19-34(20-6-1)49-52-50(35-21-7-2-8-22-35)54-51(53-49)56-41-29-15-13-27-38(41)40-33-45-48-46(47(40)56)39-28-14-16-30-42(39)55(48)43-31-17-18-32-44(43)57(45,36-23-9-3-10-24-36)37-25-11-4-12-26-37/h1-33H/q+1. The Hall–Kier alpha value is -7.67. The number of aromatic nitrogens is 5. The second-order valence-electron chi connectivity index (χ2n) is 14.6. The third-order valence-electron chi connectivity index (χ3n) is 11.6. The van der Waals surface area contributed by atoms with Gasteiger partial charge in [-0.3, -0.25) is 9.13 Å². The van der Waals surface area contributed by atoms with Gasteiger partial charge in [0.25, 0.3) is 0 Å². The minimum atomic E-state index is 0.419. The highest BCUT2D eigenvalue weighted by Gasteiger charge is 2.47. The summed E-state index contributed by atoms with van der Waals surface area (Å²) in [7, 11) is 0. The molecule has 3 aromatic heterocycles. The van der Waals surface area contributed by atoms with Crippen molar-refractivity contribution in [2.75, 3.05) is 0 Å². The quantitative estimate of drug-likeness (QED) is 0.166. The molecule has 4 heterocycles. The van der Waals surface area contributed by atoms with Crippen LogP contribution in [0.4, 0.5) is 22.7 Å². The van der Waals surface area contributed by atoms with E-state index in [4.69, 9.17) is 15.0 Å². The predicted octanol–water partition coefficient (Wildman–Crippen LogP) is 13.0. The summed E-state index contributed by atoms with van der Waals surface area (Å²) < 4.78 is 5.18. The lowest BCUT2D eigenvalue weighted by atomic mass is 9.98. The van der Waals surface area contributed by atoms with E-state index in [0.717, 1.165) is 66.4 Å². The third kappa shape index (κ3) is 4.41. The van der Waals surface area contributed by atoms with Crippen molar-refractivity contribution < 1.29 is 0 Å². The maximum atomic E-state index is 5.31.